The second-order valence-corrected chi connectivity index (χ2v) is 6.10. The van der Waals surface area contributed by atoms with Crippen molar-refractivity contribution in [1.29, 1.82) is 0 Å². The van der Waals surface area contributed by atoms with Gasteiger partial charge in [-0.2, -0.15) is 5.10 Å². The van der Waals surface area contributed by atoms with E-state index in [0.29, 0.717) is 31.1 Å². The van der Waals surface area contributed by atoms with Gasteiger partial charge in [-0.3, -0.25) is 9.59 Å². The molecule has 2 N–H and O–H groups in total. The number of aryl methyl sites for hydroxylation is 1. The van der Waals surface area contributed by atoms with Crippen molar-refractivity contribution >= 4 is 17.5 Å². The smallest absolute Gasteiger partial charge is 0.267 e. The summed E-state index contributed by atoms with van der Waals surface area (Å²) >= 11 is 0. The van der Waals surface area contributed by atoms with Gasteiger partial charge in [0, 0.05) is 36.8 Å². The summed E-state index contributed by atoms with van der Waals surface area (Å²) in [5.41, 5.74) is 6.67. The zero-order valence-electron chi connectivity index (χ0n) is 13.1. The van der Waals surface area contributed by atoms with Crippen molar-refractivity contribution in [3.8, 4) is 0 Å². The Morgan fingerprint density at radius 1 is 1.41 bits per heavy atom. The Balaban J connectivity index is 1.54. The molecule has 6 nitrogen and oxygen atoms in total. The molecule has 0 aromatic carbocycles. The predicted octanol–water partition coefficient (Wildman–Crippen LogP) is 1.36. The maximum atomic E-state index is 12.0. The minimum absolute atomic E-state index is 0.135. The van der Waals surface area contributed by atoms with Gasteiger partial charge in [-0.1, -0.05) is 0 Å². The monoisotopic (exact) mass is 302 g/mol. The van der Waals surface area contributed by atoms with Crippen molar-refractivity contribution in [3.63, 3.8) is 0 Å². The largest absolute Gasteiger partial charge is 0.351 e. The van der Waals surface area contributed by atoms with Gasteiger partial charge in [0.15, 0.2) is 0 Å². The lowest BCUT2D eigenvalue weighted by atomic mass is 10.1. The summed E-state index contributed by atoms with van der Waals surface area (Å²) in [5, 5.41) is 6.69. The van der Waals surface area contributed by atoms with Gasteiger partial charge in [0.05, 0.1) is 0 Å². The third kappa shape index (κ3) is 3.05. The number of amides is 2. The lowest BCUT2D eigenvalue weighted by Gasteiger charge is -2.12. The Kier molecular flexibility index (Phi) is 4.00. The Hall–Kier alpha value is -2.11. The van der Waals surface area contributed by atoms with Gasteiger partial charge in [-0.25, -0.2) is 5.43 Å². The van der Waals surface area contributed by atoms with Crippen molar-refractivity contribution in [2.24, 2.45) is 5.10 Å². The Labute approximate surface area is 130 Å². The molecule has 1 fully saturated rings. The van der Waals surface area contributed by atoms with Crippen molar-refractivity contribution in [2.75, 3.05) is 6.54 Å². The molecule has 2 heterocycles. The lowest BCUT2D eigenvalue weighted by molar-refractivity contribution is -0.121. The number of nitrogens with zero attached hydrogens (tertiary/aromatic N) is 2. The highest BCUT2D eigenvalue weighted by atomic mass is 16.2. The molecule has 2 aliphatic rings. The second-order valence-electron chi connectivity index (χ2n) is 6.10. The summed E-state index contributed by atoms with van der Waals surface area (Å²) in [6.45, 7) is 4.89. The molecular weight excluding hydrogens is 280 g/mol. The Morgan fingerprint density at radius 2 is 2.18 bits per heavy atom. The van der Waals surface area contributed by atoms with E-state index >= 15 is 0 Å². The van der Waals surface area contributed by atoms with E-state index in [2.05, 4.69) is 40.3 Å². The summed E-state index contributed by atoms with van der Waals surface area (Å²) in [6.07, 6.45) is 4.11. The lowest BCUT2D eigenvalue weighted by Crippen LogP contribution is -2.37. The van der Waals surface area contributed by atoms with Crippen LogP contribution in [0.15, 0.2) is 11.2 Å². The molecule has 0 radical (unpaired) electrons. The van der Waals surface area contributed by atoms with E-state index in [1.165, 1.54) is 29.8 Å². The number of hydrogen-bond donors (Lipinski definition) is 2. The SMILES string of the molecule is Cc1cc(CCNC(=O)C2=NNC(=O)CC2)c(C)n1C1CC1. The first-order valence-electron chi connectivity index (χ1n) is 7.87. The number of rotatable bonds is 5. The van der Waals surface area contributed by atoms with Crippen LogP contribution in [0, 0.1) is 13.8 Å². The fourth-order valence-corrected chi connectivity index (χ4v) is 3.04. The van der Waals surface area contributed by atoms with E-state index in [1.54, 1.807) is 0 Å². The molecule has 0 saturated heterocycles. The molecule has 0 spiro atoms. The molecule has 0 bridgehead atoms. The topological polar surface area (TPSA) is 75.5 Å². The maximum absolute atomic E-state index is 12.0. The van der Waals surface area contributed by atoms with Gasteiger partial charge in [0.2, 0.25) is 5.91 Å². The number of aromatic nitrogens is 1. The average Bonchev–Trinajstić information content (AvgIpc) is 3.27. The summed E-state index contributed by atoms with van der Waals surface area (Å²) in [7, 11) is 0. The van der Waals surface area contributed by atoms with Crippen LogP contribution in [0.5, 0.6) is 0 Å². The molecule has 0 unspecified atom stereocenters. The highest BCUT2D eigenvalue weighted by Gasteiger charge is 2.26. The number of carbonyl (C=O) groups excluding carboxylic acids is 2. The fraction of sp³-hybridized carbons (Fsp3) is 0.562. The summed E-state index contributed by atoms with van der Waals surface area (Å²) < 4.78 is 2.41. The number of hydrazone groups is 1. The zero-order chi connectivity index (χ0) is 15.7. The molecule has 3 rings (SSSR count). The van der Waals surface area contributed by atoms with Crippen LogP contribution in [-0.4, -0.2) is 28.6 Å². The van der Waals surface area contributed by atoms with Crippen molar-refractivity contribution < 1.29 is 9.59 Å². The van der Waals surface area contributed by atoms with Crippen molar-refractivity contribution in [1.82, 2.24) is 15.3 Å². The standard InChI is InChI=1S/C16H22N4O2/c1-10-9-12(11(2)20(10)13-3-4-13)7-8-17-16(22)14-5-6-15(21)19-18-14/h9,13H,3-8H2,1-2H3,(H,17,22)(H,19,21). The Morgan fingerprint density at radius 3 is 2.82 bits per heavy atom. The maximum Gasteiger partial charge on any atom is 0.267 e. The highest BCUT2D eigenvalue weighted by Crippen LogP contribution is 2.38. The van der Waals surface area contributed by atoms with E-state index in [1.807, 2.05) is 0 Å². The minimum Gasteiger partial charge on any atom is -0.351 e. The molecule has 22 heavy (non-hydrogen) atoms. The number of hydrogen-bond acceptors (Lipinski definition) is 3. The molecule has 1 saturated carbocycles. The summed E-state index contributed by atoms with van der Waals surface area (Å²) in [6, 6.07) is 2.90. The molecule has 1 aliphatic heterocycles. The van der Waals surface area contributed by atoms with Gasteiger partial charge < -0.3 is 9.88 Å². The third-order valence-electron chi connectivity index (χ3n) is 4.35. The van der Waals surface area contributed by atoms with Crippen LogP contribution in [0.3, 0.4) is 0 Å². The molecule has 1 aliphatic carbocycles. The average molecular weight is 302 g/mol. The molecular formula is C16H22N4O2. The van der Waals surface area contributed by atoms with Crippen LogP contribution < -0.4 is 10.7 Å². The van der Waals surface area contributed by atoms with Crippen molar-refractivity contribution in [3.05, 3.63) is 23.0 Å². The third-order valence-corrected chi connectivity index (χ3v) is 4.35. The summed E-state index contributed by atoms with van der Waals surface area (Å²) in [5.74, 6) is -0.319. The van der Waals surface area contributed by atoms with Crippen molar-refractivity contribution in [2.45, 2.75) is 52.0 Å². The van der Waals surface area contributed by atoms with Gasteiger partial charge in [-0.15, -0.1) is 0 Å². The fourth-order valence-electron chi connectivity index (χ4n) is 3.04. The van der Waals surface area contributed by atoms with Gasteiger partial charge in [0.1, 0.15) is 5.71 Å². The highest BCUT2D eigenvalue weighted by molar-refractivity contribution is 6.39. The molecule has 1 aromatic heterocycles. The number of carbonyl (C=O) groups is 2. The van der Waals surface area contributed by atoms with Crippen LogP contribution in [0.2, 0.25) is 0 Å². The van der Waals surface area contributed by atoms with E-state index in [4.69, 9.17) is 0 Å². The first-order chi connectivity index (χ1) is 10.6. The van der Waals surface area contributed by atoms with E-state index < -0.39 is 0 Å². The van der Waals surface area contributed by atoms with Crippen LogP contribution >= 0.6 is 0 Å². The van der Waals surface area contributed by atoms with Crippen LogP contribution in [0.1, 0.15) is 48.7 Å². The minimum atomic E-state index is -0.184. The van der Waals surface area contributed by atoms with E-state index in [-0.39, 0.29) is 11.8 Å². The normalized spacial score (nSPS) is 17.9. The number of nitrogens with one attached hydrogen (secondary N) is 2. The van der Waals surface area contributed by atoms with Gasteiger partial charge in [0.25, 0.3) is 5.91 Å². The molecule has 118 valence electrons. The predicted molar refractivity (Wildman–Crippen MR) is 83.7 cm³/mol. The second kappa shape index (κ2) is 5.94. The first-order valence-corrected chi connectivity index (χ1v) is 7.87. The molecule has 0 atom stereocenters. The van der Waals surface area contributed by atoms with Crippen LogP contribution in [0.4, 0.5) is 0 Å². The molecule has 1 aromatic rings. The van der Waals surface area contributed by atoms with Crippen LogP contribution in [0.25, 0.3) is 0 Å². The van der Waals surface area contributed by atoms with E-state index in [0.717, 1.165) is 6.42 Å². The molecule has 2 amide bonds. The van der Waals surface area contributed by atoms with Gasteiger partial charge in [-0.05, 0) is 44.7 Å². The summed E-state index contributed by atoms with van der Waals surface area (Å²) in [4.78, 5) is 23.0. The quantitative estimate of drug-likeness (QED) is 0.862. The van der Waals surface area contributed by atoms with Crippen LogP contribution in [-0.2, 0) is 16.0 Å². The molecule has 6 heteroatoms. The first kappa shape index (κ1) is 14.8. The van der Waals surface area contributed by atoms with Gasteiger partial charge >= 0.3 is 0 Å². The Bertz CT molecular complexity index is 641. The van der Waals surface area contributed by atoms with E-state index in [9.17, 15) is 9.59 Å². The zero-order valence-corrected chi connectivity index (χ0v) is 13.1.